The van der Waals surface area contributed by atoms with Gasteiger partial charge in [0, 0.05) is 36.4 Å². The number of benzene rings is 3. The SMILES string of the molecule is C#Cc1cc(OCCCCCCCCCCCC)c(C#Cc2cc(OCCCCCCCCCCCC)c(C#Cc3cc(OCCCCCCCCCCCC)c(C#C)cc3OCCCCCCCCCCCC)cc2OCCCCCCCCCCCC)cc1OCCCCCCCCCCCC. The van der Waals surface area contributed by atoms with Gasteiger partial charge in [-0.05, 0) is 38.5 Å². The van der Waals surface area contributed by atoms with Crippen molar-refractivity contribution >= 4 is 0 Å². The average Bonchev–Trinajstić information content (AvgIpc) is 0.821. The van der Waals surface area contributed by atoms with Gasteiger partial charge >= 0.3 is 0 Å². The van der Waals surface area contributed by atoms with E-state index in [0.29, 0.717) is 85.3 Å². The molecule has 3 aromatic carbocycles. The van der Waals surface area contributed by atoms with E-state index in [9.17, 15) is 0 Å². The fraction of sp³-hybridized carbons (Fsp3) is 0.735. The Morgan fingerprint density at radius 1 is 0.173 bits per heavy atom. The molecular formula is C98H158O6. The van der Waals surface area contributed by atoms with Gasteiger partial charge in [0.15, 0.2) is 0 Å². The minimum Gasteiger partial charge on any atom is -0.492 e. The van der Waals surface area contributed by atoms with E-state index in [1.165, 1.54) is 308 Å². The summed E-state index contributed by atoms with van der Waals surface area (Å²) in [6.45, 7) is 17.3. The van der Waals surface area contributed by atoms with Crippen LogP contribution in [0.15, 0.2) is 36.4 Å². The fourth-order valence-corrected chi connectivity index (χ4v) is 13.9. The van der Waals surface area contributed by atoms with E-state index < -0.39 is 0 Å². The van der Waals surface area contributed by atoms with Crippen LogP contribution in [-0.4, -0.2) is 39.6 Å². The van der Waals surface area contributed by atoms with Crippen LogP contribution >= 0.6 is 0 Å². The predicted octanol–water partition coefficient (Wildman–Crippen LogP) is 30.2. The zero-order chi connectivity index (χ0) is 74.3. The second-order valence-electron chi connectivity index (χ2n) is 30.5. The molecule has 3 rings (SSSR count). The Kier molecular flexibility index (Phi) is 62.0. The van der Waals surface area contributed by atoms with Crippen LogP contribution in [0.1, 0.15) is 460 Å². The lowest BCUT2D eigenvalue weighted by molar-refractivity contribution is 0.294. The van der Waals surface area contributed by atoms with Gasteiger partial charge in [0.05, 0.1) is 73.0 Å². The largest absolute Gasteiger partial charge is 0.492 e. The topological polar surface area (TPSA) is 55.4 Å². The van der Waals surface area contributed by atoms with Gasteiger partial charge in [0.1, 0.15) is 34.5 Å². The monoisotopic (exact) mass is 1430 g/mol. The van der Waals surface area contributed by atoms with E-state index in [4.69, 9.17) is 41.3 Å². The van der Waals surface area contributed by atoms with Gasteiger partial charge in [-0.1, -0.05) is 424 Å². The molecule has 6 heteroatoms. The number of rotatable bonds is 72. The smallest absolute Gasteiger partial charge is 0.136 e. The summed E-state index contributed by atoms with van der Waals surface area (Å²) in [5.74, 6) is 24.6. The molecule has 586 valence electrons. The standard InChI is InChI=1S/C98H158O6/c1-9-17-23-29-35-41-47-53-59-65-75-99-93-83-89(95(81-87(93)15-7)101-77-67-61-55-49-43-37-31-25-19-11-3)71-73-91-85-98(104-80-70-64-58-52-46-40-34-28-22-14-6)92(86-97(91)103-79-69-63-57-51-45-39-33-27-21-13-5)74-72-90-84-94(100-76-66-60-54-48-42-36-30-24-18-10-2)88(16-8)82-96(90)102-78-68-62-56-50-44-38-32-26-20-12-4/h7-8,81-86H,9-14,17-70,75-80H2,1-6H3. The van der Waals surface area contributed by atoms with Crippen LogP contribution in [0.4, 0.5) is 0 Å². The van der Waals surface area contributed by atoms with E-state index in [0.717, 1.165) is 99.3 Å². The molecule has 0 aliphatic rings. The highest BCUT2D eigenvalue weighted by molar-refractivity contribution is 5.65. The maximum atomic E-state index is 6.94. The van der Waals surface area contributed by atoms with Gasteiger partial charge < -0.3 is 28.4 Å². The molecule has 0 saturated carbocycles. The van der Waals surface area contributed by atoms with Crippen molar-refractivity contribution in [1.82, 2.24) is 0 Å². The molecule has 104 heavy (non-hydrogen) atoms. The highest BCUT2D eigenvalue weighted by Gasteiger charge is 2.17. The van der Waals surface area contributed by atoms with Gasteiger partial charge in [0.25, 0.3) is 0 Å². The van der Waals surface area contributed by atoms with Crippen molar-refractivity contribution in [1.29, 1.82) is 0 Å². The highest BCUT2D eigenvalue weighted by Crippen LogP contribution is 2.34. The first-order chi connectivity index (χ1) is 51.5. The van der Waals surface area contributed by atoms with E-state index in [-0.39, 0.29) is 0 Å². The van der Waals surface area contributed by atoms with E-state index in [1.54, 1.807) is 0 Å². The molecule has 0 unspecified atom stereocenters. The number of unbranched alkanes of at least 4 members (excludes halogenated alkanes) is 54. The molecule has 0 spiro atoms. The number of ether oxygens (including phenoxy) is 6. The van der Waals surface area contributed by atoms with Gasteiger partial charge in [0.2, 0.25) is 0 Å². The minimum absolute atomic E-state index is 0.572. The summed E-state index contributed by atoms with van der Waals surface area (Å²) < 4.78 is 40.5. The molecular weight excluding hydrogens is 1270 g/mol. The number of hydrogen-bond acceptors (Lipinski definition) is 6. The molecule has 0 radical (unpaired) electrons. The quantitative estimate of drug-likeness (QED) is 0.0415. The predicted molar refractivity (Wildman–Crippen MR) is 451 cm³/mol. The molecule has 0 aliphatic heterocycles. The number of hydrogen-bond donors (Lipinski definition) is 0. The fourth-order valence-electron chi connectivity index (χ4n) is 13.9. The van der Waals surface area contributed by atoms with Crippen LogP contribution in [-0.2, 0) is 0 Å². The van der Waals surface area contributed by atoms with Crippen molar-refractivity contribution in [3.05, 3.63) is 69.8 Å². The summed E-state index contributed by atoms with van der Waals surface area (Å²) >= 11 is 0. The van der Waals surface area contributed by atoms with Crippen LogP contribution in [0.2, 0.25) is 0 Å². The van der Waals surface area contributed by atoms with Gasteiger partial charge in [-0.25, -0.2) is 0 Å². The summed E-state index contributed by atoms with van der Waals surface area (Å²) in [5, 5.41) is 0. The van der Waals surface area contributed by atoms with E-state index >= 15 is 0 Å². The zero-order valence-corrected chi connectivity index (χ0v) is 68.7. The Balaban J connectivity index is 2.16. The third-order valence-electron chi connectivity index (χ3n) is 20.8. The molecule has 0 atom stereocenters. The van der Waals surface area contributed by atoms with Crippen LogP contribution in [0.3, 0.4) is 0 Å². The van der Waals surface area contributed by atoms with Gasteiger partial charge in [-0.15, -0.1) is 12.8 Å². The Hall–Kier alpha value is -5.30. The normalized spacial score (nSPS) is 11.0. The van der Waals surface area contributed by atoms with Crippen molar-refractivity contribution in [2.45, 2.75) is 427 Å². The molecule has 0 aromatic heterocycles. The van der Waals surface area contributed by atoms with Crippen LogP contribution in [0.25, 0.3) is 0 Å². The maximum Gasteiger partial charge on any atom is 0.136 e. The third-order valence-corrected chi connectivity index (χ3v) is 20.8. The highest BCUT2D eigenvalue weighted by atomic mass is 16.5. The number of terminal acetylenes is 2. The second kappa shape index (κ2) is 69.4. The molecule has 0 N–H and O–H groups in total. The lowest BCUT2D eigenvalue weighted by Crippen LogP contribution is -2.04. The summed E-state index contributed by atoms with van der Waals surface area (Å²) in [6, 6.07) is 12.2. The van der Waals surface area contributed by atoms with Crippen LogP contribution < -0.4 is 28.4 Å². The molecule has 0 saturated heterocycles. The molecule has 0 aliphatic carbocycles. The minimum atomic E-state index is 0.572. The van der Waals surface area contributed by atoms with Gasteiger partial charge in [-0.2, -0.15) is 0 Å². The van der Waals surface area contributed by atoms with Crippen molar-refractivity contribution in [2.24, 2.45) is 0 Å². The summed E-state index contributed by atoms with van der Waals surface area (Å²) in [4.78, 5) is 0. The van der Waals surface area contributed by atoms with Crippen molar-refractivity contribution in [3.63, 3.8) is 0 Å². The third kappa shape index (κ3) is 48.8. The summed E-state index contributed by atoms with van der Waals surface area (Å²) in [7, 11) is 0. The Labute approximate surface area is 643 Å². The van der Waals surface area contributed by atoms with Crippen LogP contribution in [0.5, 0.6) is 34.5 Å². The molecule has 0 heterocycles. The zero-order valence-electron chi connectivity index (χ0n) is 68.7. The Bertz CT molecular complexity index is 2530. The first-order valence-corrected chi connectivity index (χ1v) is 44.7. The molecule has 0 fully saturated rings. The van der Waals surface area contributed by atoms with Crippen molar-refractivity contribution < 1.29 is 28.4 Å². The van der Waals surface area contributed by atoms with E-state index in [1.807, 2.05) is 24.3 Å². The molecule has 0 bridgehead atoms. The molecule has 6 nitrogen and oxygen atoms in total. The first kappa shape index (κ1) is 92.9. The second-order valence-corrected chi connectivity index (χ2v) is 30.5. The maximum absolute atomic E-state index is 6.94. The summed E-state index contributed by atoms with van der Waals surface area (Å²) in [6.07, 6.45) is 88.1. The van der Waals surface area contributed by atoms with Crippen molar-refractivity contribution in [3.8, 4) is 82.9 Å². The lowest BCUT2D eigenvalue weighted by Gasteiger charge is -2.15. The van der Waals surface area contributed by atoms with Gasteiger partial charge in [-0.3, -0.25) is 0 Å². The molecule has 3 aromatic rings. The first-order valence-electron chi connectivity index (χ1n) is 44.7. The van der Waals surface area contributed by atoms with Crippen molar-refractivity contribution in [2.75, 3.05) is 39.6 Å². The van der Waals surface area contributed by atoms with E-state index in [2.05, 4.69) is 89.2 Å². The Morgan fingerprint density at radius 3 is 0.423 bits per heavy atom. The average molecular weight is 1430 g/mol. The molecule has 0 amide bonds. The van der Waals surface area contributed by atoms with Crippen LogP contribution in [0, 0.1) is 48.4 Å². The summed E-state index contributed by atoms with van der Waals surface area (Å²) in [5.41, 5.74) is 4.38. The lowest BCUT2D eigenvalue weighted by atomic mass is 10.0. The Morgan fingerprint density at radius 2 is 0.288 bits per heavy atom.